The summed E-state index contributed by atoms with van der Waals surface area (Å²) in [7, 11) is 1.63. The van der Waals surface area contributed by atoms with E-state index in [1.165, 1.54) is 0 Å². The van der Waals surface area contributed by atoms with Crippen LogP contribution >= 0.6 is 0 Å². The minimum absolute atomic E-state index is 0.0453. The van der Waals surface area contributed by atoms with Crippen molar-refractivity contribution in [3.05, 3.63) is 24.5 Å². The Hall–Kier alpha value is -2.83. The normalized spacial score (nSPS) is 18.5. The van der Waals surface area contributed by atoms with Gasteiger partial charge in [-0.25, -0.2) is 0 Å². The van der Waals surface area contributed by atoms with Crippen LogP contribution in [-0.4, -0.2) is 41.3 Å². The average Bonchev–Trinajstić information content (AvgIpc) is 3.42. The van der Waals surface area contributed by atoms with Gasteiger partial charge in [-0.3, -0.25) is 14.3 Å². The summed E-state index contributed by atoms with van der Waals surface area (Å²) in [4.78, 5) is 29.1. The van der Waals surface area contributed by atoms with E-state index in [4.69, 9.17) is 4.74 Å². The molecule has 0 N–H and O–H groups in total. The van der Waals surface area contributed by atoms with Crippen LogP contribution in [0.3, 0.4) is 0 Å². The first-order chi connectivity index (χ1) is 14.3. The molecule has 0 bridgehead atoms. The Morgan fingerprint density at radius 3 is 2.57 bits per heavy atom. The zero-order chi connectivity index (χ0) is 21.6. The summed E-state index contributed by atoms with van der Waals surface area (Å²) in [6.07, 6.45) is 6.66. The molecule has 1 fully saturated rings. The molecule has 2 amide bonds. The Kier molecular flexibility index (Phi) is 5.30. The van der Waals surface area contributed by atoms with Crippen molar-refractivity contribution in [1.82, 2.24) is 9.78 Å². The van der Waals surface area contributed by atoms with Crippen molar-refractivity contribution in [3.8, 4) is 16.9 Å². The summed E-state index contributed by atoms with van der Waals surface area (Å²) in [5, 5.41) is 4.51. The zero-order valence-corrected chi connectivity index (χ0v) is 18.4. The lowest BCUT2D eigenvalue weighted by Crippen LogP contribution is -2.51. The number of methoxy groups -OCH3 is 1. The van der Waals surface area contributed by atoms with Gasteiger partial charge in [0.15, 0.2) is 0 Å². The number of hydrogen-bond acceptors (Lipinski definition) is 4. The van der Waals surface area contributed by atoms with E-state index in [9.17, 15) is 9.59 Å². The molecule has 2 heterocycles. The van der Waals surface area contributed by atoms with E-state index >= 15 is 0 Å². The maximum absolute atomic E-state index is 13.1. The van der Waals surface area contributed by atoms with Gasteiger partial charge in [0, 0.05) is 43.3 Å². The number of hydrogen-bond donors (Lipinski definition) is 0. The van der Waals surface area contributed by atoms with Gasteiger partial charge in [-0.05, 0) is 31.7 Å². The third kappa shape index (κ3) is 3.68. The van der Waals surface area contributed by atoms with E-state index in [1.807, 2.05) is 54.9 Å². The summed E-state index contributed by atoms with van der Waals surface area (Å²) in [5.41, 5.74) is 3.30. The minimum atomic E-state index is -0.112. The van der Waals surface area contributed by atoms with E-state index in [1.54, 1.807) is 18.9 Å². The van der Waals surface area contributed by atoms with Crippen molar-refractivity contribution < 1.29 is 14.3 Å². The van der Waals surface area contributed by atoms with E-state index in [0.29, 0.717) is 30.4 Å². The van der Waals surface area contributed by atoms with E-state index in [2.05, 4.69) is 5.10 Å². The fourth-order valence-corrected chi connectivity index (χ4v) is 4.23. The monoisotopic (exact) mass is 410 g/mol. The molecule has 0 spiro atoms. The van der Waals surface area contributed by atoms with Gasteiger partial charge in [0.1, 0.15) is 5.75 Å². The van der Waals surface area contributed by atoms with Gasteiger partial charge >= 0.3 is 0 Å². The molecular weight excluding hydrogens is 380 g/mol. The third-order valence-corrected chi connectivity index (χ3v) is 5.79. The molecule has 4 rings (SSSR count). The Bertz CT molecular complexity index is 977. The highest BCUT2D eigenvalue weighted by atomic mass is 16.5. The number of amides is 2. The van der Waals surface area contributed by atoms with Gasteiger partial charge in [0.2, 0.25) is 11.8 Å². The lowest BCUT2D eigenvalue weighted by molar-refractivity contribution is -0.120. The first kappa shape index (κ1) is 20.4. The Balaban J connectivity index is 1.84. The van der Waals surface area contributed by atoms with Gasteiger partial charge in [-0.2, -0.15) is 5.10 Å². The highest BCUT2D eigenvalue weighted by Gasteiger charge is 2.35. The number of aromatic nitrogens is 2. The SMILES string of the molecule is COc1cc2c(cc1-c1cnn(C3CC3)c1)N(C(=O)CC(C)C)CC(C)N2C(C)=O. The maximum atomic E-state index is 13.1. The number of rotatable bonds is 5. The molecule has 1 aromatic heterocycles. The highest BCUT2D eigenvalue weighted by Crippen LogP contribution is 2.45. The molecule has 1 unspecified atom stereocenters. The largest absolute Gasteiger partial charge is 0.496 e. The second-order valence-corrected chi connectivity index (χ2v) is 8.82. The summed E-state index contributed by atoms with van der Waals surface area (Å²) < 4.78 is 7.70. The summed E-state index contributed by atoms with van der Waals surface area (Å²) in [5.74, 6) is 0.958. The Morgan fingerprint density at radius 1 is 1.23 bits per heavy atom. The number of anilines is 2. The van der Waals surface area contributed by atoms with Crippen LogP contribution in [0.2, 0.25) is 0 Å². The molecule has 30 heavy (non-hydrogen) atoms. The lowest BCUT2D eigenvalue weighted by atomic mass is 10.00. The summed E-state index contributed by atoms with van der Waals surface area (Å²) in [6.45, 7) is 8.09. The van der Waals surface area contributed by atoms with Crippen LogP contribution in [0.4, 0.5) is 11.4 Å². The molecule has 1 saturated carbocycles. The smallest absolute Gasteiger partial charge is 0.227 e. The van der Waals surface area contributed by atoms with Crippen LogP contribution in [0.1, 0.15) is 53.0 Å². The summed E-state index contributed by atoms with van der Waals surface area (Å²) in [6, 6.07) is 4.23. The molecule has 2 aromatic rings. The zero-order valence-electron chi connectivity index (χ0n) is 18.4. The fraction of sp³-hybridized carbons (Fsp3) is 0.522. The first-order valence-electron chi connectivity index (χ1n) is 10.7. The standard InChI is InChI=1S/C23H30N4O3/c1-14(2)8-23(29)25-12-15(3)27(16(4)28)21-10-22(30-5)19(9-20(21)25)17-11-24-26(13-17)18-6-7-18/h9-11,13-15,18H,6-8,12H2,1-5H3. The maximum Gasteiger partial charge on any atom is 0.227 e. The van der Waals surface area contributed by atoms with Crippen LogP contribution < -0.4 is 14.5 Å². The highest BCUT2D eigenvalue weighted by molar-refractivity contribution is 6.05. The molecule has 0 radical (unpaired) electrons. The van der Waals surface area contributed by atoms with Crippen molar-refractivity contribution in [2.45, 2.75) is 59.0 Å². The Morgan fingerprint density at radius 2 is 1.97 bits per heavy atom. The number of fused-ring (bicyclic) bond motifs is 1. The number of ether oxygens (including phenoxy) is 1. The first-order valence-corrected chi connectivity index (χ1v) is 10.7. The predicted molar refractivity (Wildman–Crippen MR) is 117 cm³/mol. The predicted octanol–water partition coefficient (Wildman–Crippen LogP) is 4.03. The van der Waals surface area contributed by atoms with Crippen molar-refractivity contribution >= 4 is 23.2 Å². The van der Waals surface area contributed by atoms with Gasteiger partial charge < -0.3 is 14.5 Å². The molecule has 160 valence electrons. The molecular formula is C23H30N4O3. The van der Waals surface area contributed by atoms with Gasteiger partial charge in [-0.15, -0.1) is 0 Å². The van der Waals surface area contributed by atoms with Crippen LogP contribution in [0.15, 0.2) is 24.5 Å². The number of carbonyl (C=O) groups is 2. The lowest BCUT2D eigenvalue weighted by Gasteiger charge is -2.41. The quantitative estimate of drug-likeness (QED) is 0.746. The molecule has 0 saturated heterocycles. The minimum Gasteiger partial charge on any atom is -0.496 e. The van der Waals surface area contributed by atoms with Gasteiger partial charge in [-0.1, -0.05) is 13.8 Å². The number of nitrogens with zero attached hydrogens (tertiary/aromatic N) is 4. The van der Waals surface area contributed by atoms with Crippen molar-refractivity contribution in [1.29, 1.82) is 0 Å². The molecule has 1 aliphatic heterocycles. The summed E-state index contributed by atoms with van der Waals surface area (Å²) >= 11 is 0. The average molecular weight is 411 g/mol. The molecule has 1 atom stereocenters. The van der Waals surface area contributed by atoms with Crippen molar-refractivity contribution in [3.63, 3.8) is 0 Å². The molecule has 7 heteroatoms. The van der Waals surface area contributed by atoms with Gasteiger partial charge in [0.05, 0.1) is 36.8 Å². The van der Waals surface area contributed by atoms with Crippen LogP contribution in [-0.2, 0) is 9.59 Å². The van der Waals surface area contributed by atoms with Gasteiger partial charge in [0.25, 0.3) is 0 Å². The number of carbonyl (C=O) groups excluding carboxylic acids is 2. The second-order valence-electron chi connectivity index (χ2n) is 8.82. The number of benzene rings is 1. The van der Waals surface area contributed by atoms with Crippen LogP contribution in [0.25, 0.3) is 11.1 Å². The van der Waals surface area contributed by atoms with Crippen LogP contribution in [0, 0.1) is 5.92 Å². The van der Waals surface area contributed by atoms with E-state index in [-0.39, 0.29) is 23.8 Å². The topological polar surface area (TPSA) is 67.7 Å². The molecule has 7 nitrogen and oxygen atoms in total. The molecule has 2 aliphatic rings. The second kappa shape index (κ2) is 7.78. The fourth-order valence-electron chi connectivity index (χ4n) is 4.23. The Labute approximate surface area is 177 Å². The van der Waals surface area contributed by atoms with Crippen LogP contribution in [0.5, 0.6) is 5.75 Å². The van der Waals surface area contributed by atoms with Crippen molar-refractivity contribution in [2.75, 3.05) is 23.5 Å². The molecule has 1 aromatic carbocycles. The molecule has 1 aliphatic carbocycles. The van der Waals surface area contributed by atoms with E-state index in [0.717, 1.165) is 29.7 Å². The third-order valence-electron chi connectivity index (χ3n) is 5.79. The van der Waals surface area contributed by atoms with Crippen molar-refractivity contribution in [2.24, 2.45) is 5.92 Å². The van der Waals surface area contributed by atoms with E-state index < -0.39 is 0 Å².